The zero-order valence-corrected chi connectivity index (χ0v) is 10.8. The molecule has 0 unspecified atom stereocenters. The number of hydrogen-bond donors (Lipinski definition) is 2. The van der Waals surface area contributed by atoms with Gasteiger partial charge in [-0.15, -0.1) is 0 Å². The summed E-state index contributed by atoms with van der Waals surface area (Å²) in [6.07, 6.45) is 2.60. The number of nitrogens with one attached hydrogen (secondary N) is 1. The van der Waals surface area contributed by atoms with Crippen LogP contribution in [0.5, 0.6) is 11.5 Å². The number of sulfone groups is 1. The SMILES string of the molecule is CS(=O)(=O)c1cc2c(cc1-c1cn[nH]c1N)OCO2. The minimum Gasteiger partial charge on any atom is -0.454 e. The third-order valence-electron chi connectivity index (χ3n) is 2.83. The zero-order valence-electron chi connectivity index (χ0n) is 10.0. The topological polar surface area (TPSA) is 107 Å². The fourth-order valence-electron chi connectivity index (χ4n) is 1.95. The molecule has 0 amide bonds. The molecule has 3 N–H and O–H groups in total. The van der Waals surface area contributed by atoms with Crippen molar-refractivity contribution >= 4 is 15.7 Å². The number of benzene rings is 1. The van der Waals surface area contributed by atoms with Crippen LogP contribution in [0.15, 0.2) is 23.2 Å². The summed E-state index contributed by atoms with van der Waals surface area (Å²) in [5, 5.41) is 6.37. The lowest BCUT2D eigenvalue weighted by Gasteiger charge is -2.08. The van der Waals surface area contributed by atoms with Crippen LogP contribution >= 0.6 is 0 Å². The van der Waals surface area contributed by atoms with Crippen LogP contribution in [-0.2, 0) is 9.84 Å². The van der Waals surface area contributed by atoms with Crippen molar-refractivity contribution in [2.24, 2.45) is 0 Å². The highest BCUT2D eigenvalue weighted by molar-refractivity contribution is 7.90. The minimum atomic E-state index is -3.43. The molecule has 0 atom stereocenters. The van der Waals surface area contributed by atoms with E-state index in [1.54, 1.807) is 6.07 Å². The van der Waals surface area contributed by atoms with Crippen molar-refractivity contribution in [2.75, 3.05) is 18.8 Å². The largest absolute Gasteiger partial charge is 0.454 e. The Morgan fingerprint density at radius 2 is 1.95 bits per heavy atom. The predicted molar refractivity (Wildman–Crippen MR) is 67.7 cm³/mol. The molecule has 2 aromatic rings. The normalized spacial score (nSPS) is 13.7. The minimum absolute atomic E-state index is 0.0723. The predicted octanol–water partition coefficient (Wildman–Crippen LogP) is 0.791. The van der Waals surface area contributed by atoms with Crippen molar-refractivity contribution in [3.05, 3.63) is 18.3 Å². The van der Waals surface area contributed by atoms with E-state index >= 15 is 0 Å². The summed E-state index contributed by atoms with van der Waals surface area (Å²) in [4.78, 5) is 0.129. The van der Waals surface area contributed by atoms with E-state index in [1.807, 2.05) is 0 Å². The fourth-order valence-corrected chi connectivity index (χ4v) is 2.84. The van der Waals surface area contributed by atoms with Crippen LogP contribution in [0.1, 0.15) is 0 Å². The van der Waals surface area contributed by atoms with E-state index in [1.165, 1.54) is 12.3 Å². The number of nitrogens with zero attached hydrogens (tertiary/aromatic N) is 1. The molecule has 0 aliphatic carbocycles. The van der Waals surface area contributed by atoms with E-state index in [9.17, 15) is 8.42 Å². The number of anilines is 1. The van der Waals surface area contributed by atoms with Gasteiger partial charge in [0.15, 0.2) is 21.3 Å². The molecule has 0 radical (unpaired) electrons. The molecule has 0 saturated heterocycles. The lowest BCUT2D eigenvalue weighted by molar-refractivity contribution is 0.174. The smallest absolute Gasteiger partial charge is 0.231 e. The summed E-state index contributed by atoms with van der Waals surface area (Å²) in [5.41, 5.74) is 6.70. The highest BCUT2D eigenvalue weighted by atomic mass is 32.2. The van der Waals surface area contributed by atoms with Crippen LogP contribution in [0.4, 0.5) is 5.82 Å². The number of aromatic amines is 1. The molecule has 0 bridgehead atoms. The quantitative estimate of drug-likeness (QED) is 0.842. The molecule has 100 valence electrons. The van der Waals surface area contributed by atoms with Gasteiger partial charge in [-0.1, -0.05) is 0 Å². The van der Waals surface area contributed by atoms with Crippen molar-refractivity contribution in [1.29, 1.82) is 0 Å². The molecular formula is C11H11N3O4S. The summed E-state index contributed by atoms with van der Waals surface area (Å²) in [6, 6.07) is 3.04. The second kappa shape index (κ2) is 3.89. The Morgan fingerprint density at radius 3 is 2.53 bits per heavy atom. The van der Waals surface area contributed by atoms with Gasteiger partial charge in [-0.3, -0.25) is 5.10 Å². The Balaban J connectivity index is 2.31. The maximum Gasteiger partial charge on any atom is 0.231 e. The highest BCUT2D eigenvalue weighted by Gasteiger charge is 2.24. The first-order valence-corrected chi connectivity index (χ1v) is 7.29. The number of aromatic nitrogens is 2. The monoisotopic (exact) mass is 281 g/mol. The van der Waals surface area contributed by atoms with Crippen molar-refractivity contribution in [3.8, 4) is 22.6 Å². The molecule has 0 spiro atoms. The zero-order chi connectivity index (χ0) is 13.6. The van der Waals surface area contributed by atoms with Gasteiger partial charge in [0.1, 0.15) is 5.82 Å². The number of H-pyrrole nitrogens is 1. The van der Waals surface area contributed by atoms with Crippen molar-refractivity contribution in [3.63, 3.8) is 0 Å². The van der Waals surface area contributed by atoms with Crippen LogP contribution in [0.2, 0.25) is 0 Å². The van der Waals surface area contributed by atoms with Crippen LogP contribution < -0.4 is 15.2 Å². The summed E-state index contributed by atoms with van der Waals surface area (Å²) in [7, 11) is -3.43. The van der Waals surface area contributed by atoms with E-state index in [-0.39, 0.29) is 11.7 Å². The van der Waals surface area contributed by atoms with Crippen LogP contribution in [0.25, 0.3) is 11.1 Å². The van der Waals surface area contributed by atoms with Gasteiger partial charge >= 0.3 is 0 Å². The summed E-state index contributed by atoms with van der Waals surface area (Å²) < 4.78 is 34.2. The van der Waals surface area contributed by atoms with Crippen LogP contribution in [0, 0.1) is 0 Å². The molecule has 3 rings (SSSR count). The van der Waals surface area contributed by atoms with Crippen molar-refractivity contribution < 1.29 is 17.9 Å². The number of rotatable bonds is 2. The first-order valence-electron chi connectivity index (χ1n) is 5.40. The molecule has 0 saturated carbocycles. The van der Waals surface area contributed by atoms with Gasteiger partial charge in [-0.05, 0) is 6.07 Å². The van der Waals surface area contributed by atoms with Crippen molar-refractivity contribution in [1.82, 2.24) is 10.2 Å². The van der Waals surface area contributed by atoms with Gasteiger partial charge in [-0.2, -0.15) is 5.10 Å². The number of hydrogen-bond acceptors (Lipinski definition) is 6. The number of nitrogen functional groups attached to an aromatic ring is 1. The lowest BCUT2D eigenvalue weighted by Crippen LogP contribution is -2.01. The third kappa shape index (κ3) is 1.89. The lowest BCUT2D eigenvalue weighted by atomic mass is 10.1. The second-order valence-corrected chi connectivity index (χ2v) is 6.16. The third-order valence-corrected chi connectivity index (χ3v) is 3.97. The summed E-state index contributed by atoms with van der Waals surface area (Å²) in [5.74, 6) is 1.19. The van der Waals surface area contributed by atoms with Gasteiger partial charge in [0.05, 0.1) is 11.1 Å². The van der Waals surface area contributed by atoms with Gasteiger partial charge < -0.3 is 15.2 Å². The van der Waals surface area contributed by atoms with E-state index in [2.05, 4.69) is 10.2 Å². The maximum absolute atomic E-state index is 11.9. The Bertz CT molecular complexity index is 751. The molecular weight excluding hydrogens is 270 g/mol. The van der Waals surface area contributed by atoms with E-state index in [4.69, 9.17) is 15.2 Å². The summed E-state index contributed by atoms with van der Waals surface area (Å²) in [6.45, 7) is 0.0723. The van der Waals surface area contributed by atoms with E-state index < -0.39 is 9.84 Å². The van der Waals surface area contributed by atoms with Crippen molar-refractivity contribution in [2.45, 2.75) is 4.90 Å². The standard InChI is InChI=1S/C11H11N3O4S/c1-19(15,16)10-3-9-8(17-5-18-9)2-6(10)7-4-13-14-11(7)12/h2-4H,5H2,1H3,(H3,12,13,14). The Hall–Kier alpha value is -2.22. The maximum atomic E-state index is 11.9. The molecule has 1 aromatic heterocycles. The molecule has 7 nitrogen and oxygen atoms in total. The van der Waals surface area contributed by atoms with Crippen LogP contribution in [0.3, 0.4) is 0 Å². The molecule has 1 aliphatic rings. The molecule has 19 heavy (non-hydrogen) atoms. The molecule has 0 fully saturated rings. The summed E-state index contributed by atoms with van der Waals surface area (Å²) >= 11 is 0. The van der Waals surface area contributed by atoms with Gasteiger partial charge in [0.25, 0.3) is 0 Å². The highest BCUT2D eigenvalue weighted by Crippen LogP contribution is 2.41. The van der Waals surface area contributed by atoms with E-state index in [0.717, 1.165) is 6.26 Å². The van der Waals surface area contributed by atoms with Crippen LogP contribution in [-0.4, -0.2) is 31.7 Å². The first kappa shape index (κ1) is 11.8. The first-order chi connectivity index (χ1) is 8.97. The number of nitrogens with two attached hydrogens (primary N) is 1. The van der Waals surface area contributed by atoms with Gasteiger partial charge in [-0.25, -0.2) is 8.42 Å². The molecule has 2 heterocycles. The van der Waals surface area contributed by atoms with E-state index in [0.29, 0.717) is 28.4 Å². The molecule has 1 aromatic carbocycles. The number of ether oxygens (including phenoxy) is 2. The Kier molecular flexibility index (Phi) is 2.42. The fraction of sp³-hybridized carbons (Fsp3) is 0.182. The average molecular weight is 281 g/mol. The average Bonchev–Trinajstić information content (AvgIpc) is 2.93. The molecule has 1 aliphatic heterocycles. The molecule has 8 heteroatoms. The Morgan fingerprint density at radius 1 is 1.26 bits per heavy atom. The van der Waals surface area contributed by atoms with Gasteiger partial charge in [0.2, 0.25) is 6.79 Å². The second-order valence-electron chi connectivity index (χ2n) is 4.17. The Labute approximate surface area is 109 Å². The van der Waals surface area contributed by atoms with Gasteiger partial charge in [0, 0.05) is 23.4 Å². The number of fused-ring (bicyclic) bond motifs is 1.